The zero-order valence-corrected chi connectivity index (χ0v) is 11.9. The second-order valence-electron chi connectivity index (χ2n) is 4.89. The van der Waals surface area contributed by atoms with Gasteiger partial charge in [-0.1, -0.05) is 12.1 Å². The zero-order valence-electron chi connectivity index (χ0n) is 11.9. The maximum Gasteiger partial charge on any atom is 0.335 e. The maximum atomic E-state index is 10.9. The van der Waals surface area contributed by atoms with Crippen LogP contribution in [-0.4, -0.2) is 21.0 Å². The Kier molecular flexibility index (Phi) is 3.53. The summed E-state index contributed by atoms with van der Waals surface area (Å²) in [4.78, 5) is 18.2. The number of anilines is 1. The molecule has 0 aliphatic rings. The van der Waals surface area contributed by atoms with Crippen molar-refractivity contribution in [1.29, 1.82) is 5.26 Å². The summed E-state index contributed by atoms with van der Waals surface area (Å²) in [7, 11) is 0. The molecule has 0 spiro atoms. The molecule has 3 rings (SSSR count). The number of nitrogen functional groups attached to an aromatic ring is 1. The topological polar surface area (TPSA) is 116 Å². The number of aromatic carboxylic acids is 1. The quantitative estimate of drug-likeness (QED) is 0.688. The van der Waals surface area contributed by atoms with Crippen molar-refractivity contribution in [3.8, 4) is 28.6 Å². The predicted octanol–water partition coefficient (Wildman–Crippen LogP) is 2.90. The van der Waals surface area contributed by atoms with Crippen molar-refractivity contribution in [2.75, 3.05) is 5.73 Å². The van der Waals surface area contributed by atoms with E-state index >= 15 is 0 Å². The van der Waals surface area contributed by atoms with E-state index in [1.165, 1.54) is 12.1 Å². The number of aromatic amines is 1. The van der Waals surface area contributed by atoms with Gasteiger partial charge in [0.05, 0.1) is 17.0 Å². The average molecular weight is 304 g/mol. The first-order chi connectivity index (χ1) is 11.1. The number of carbonyl (C=O) groups is 1. The molecule has 0 saturated carbocycles. The standard InChI is InChI=1S/C17H12N4O2/c18-9-13-12(10-3-5-11(6-4-10)17(22)23)8-15(21-16(13)19)14-2-1-7-20-14/h1-8,20H,(H2,19,21)(H,22,23). The number of H-pyrrole nitrogens is 1. The van der Waals surface area contributed by atoms with Crippen molar-refractivity contribution < 1.29 is 9.90 Å². The van der Waals surface area contributed by atoms with Crippen LogP contribution in [-0.2, 0) is 0 Å². The van der Waals surface area contributed by atoms with Crippen LogP contribution in [0.25, 0.3) is 22.5 Å². The Morgan fingerprint density at radius 1 is 1.26 bits per heavy atom. The number of nitrogens with zero attached hydrogens (tertiary/aromatic N) is 2. The lowest BCUT2D eigenvalue weighted by atomic mass is 9.98. The molecule has 6 heteroatoms. The van der Waals surface area contributed by atoms with Crippen LogP contribution < -0.4 is 5.73 Å². The van der Waals surface area contributed by atoms with Crippen molar-refractivity contribution >= 4 is 11.8 Å². The highest BCUT2D eigenvalue weighted by atomic mass is 16.4. The Bertz CT molecular complexity index is 907. The number of benzene rings is 1. The minimum absolute atomic E-state index is 0.136. The Balaban J connectivity index is 2.17. The molecule has 0 amide bonds. The molecule has 0 unspecified atom stereocenters. The minimum Gasteiger partial charge on any atom is -0.478 e. The lowest BCUT2D eigenvalue weighted by Gasteiger charge is -2.09. The molecule has 0 bridgehead atoms. The van der Waals surface area contributed by atoms with E-state index in [1.54, 1.807) is 24.4 Å². The maximum absolute atomic E-state index is 10.9. The fraction of sp³-hybridized carbons (Fsp3) is 0. The van der Waals surface area contributed by atoms with Gasteiger partial charge in [0.15, 0.2) is 0 Å². The molecule has 0 fully saturated rings. The van der Waals surface area contributed by atoms with E-state index in [9.17, 15) is 10.1 Å². The van der Waals surface area contributed by atoms with Gasteiger partial charge in [0.2, 0.25) is 0 Å². The first-order valence-corrected chi connectivity index (χ1v) is 6.78. The Hall–Kier alpha value is -3.59. The lowest BCUT2D eigenvalue weighted by molar-refractivity contribution is 0.0697. The van der Waals surface area contributed by atoms with Gasteiger partial charge in [0, 0.05) is 11.8 Å². The summed E-state index contributed by atoms with van der Waals surface area (Å²) in [6, 6.07) is 13.8. The molecule has 0 aliphatic carbocycles. The zero-order chi connectivity index (χ0) is 16.4. The third kappa shape index (κ3) is 2.63. The summed E-state index contributed by atoms with van der Waals surface area (Å²) in [5, 5.41) is 18.3. The molecule has 3 aromatic rings. The summed E-state index contributed by atoms with van der Waals surface area (Å²) >= 11 is 0. The average Bonchev–Trinajstić information content (AvgIpc) is 3.08. The predicted molar refractivity (Wildman–Crippen MR) is 85.5 cm³/mol. The number of nitriles is 1. The van der Waals surface area contributed by atoms with Crippen molar-refractivity contribution in [2.24, 2.45) is 0 Å². The van der Waals surface area contributed by atoms with Gasteiger partial charge in [-0.2, -0.15) is 5.26 Å². The second-order valence-corrected chi connectivity index (χ2v) is 4.89. The Labute approximate surface area is 131 Å². The number of hydrogen-bond acceptors (Lipinski definition) is 4. The van der Waals surface area contributed by atoms with Crippen LogP contribution in [0.15, 0.2) is 48.7 Å². The third-order valence-corrected chi connectivity index (χ3v) is 3.48. The molecule has 2 heterocycles. The molecule has 4 N–H and O–H groups in total. The molecule has 6 nitrogen and oxygen atoms in total. The first kappa shape index (κ1) is 14.4. The molecule has 112 valence electrons. The van der Waals surface area contributed by atoms with Crippen LogP contribution in [0.4, 0.5) is 5.82 Å². The fourth-order valence-corrected chi connectivity index (χ4v) is 2.33. The van der Waals surface area contributed by atoms with Crippen LogP contribution in [0.3, 0.4) is 0 Å². The number of pyridine rings is 1. The highest BCUT2D eigenvalue weighted by Crippen LogP contribution is 2.30. The second kappa shape index (κ2) is 5.66. The Morgan fingerprint density at radius 2 is 2.00 bits per heavy atom. The highest BCUT2D eigenvalue weighted by Gasteiger charge is 2.14. The van der Waals surface area contributed by atoms with Crippen LogP contribution in [0.2, 0.25) is 0 Å². The fourth-order valence-electron chi connectivity index (χ4n) is 2.33. The molecule has 2 aromatic heterocycles. The third-order valence-electron chi connectivity index (χ3n) is 3.48. The van der Waals surface area contributed by atoms with E-state index in [-0.39, 0.29) is 16.9 Å². The van der Waals surface area contributed by atoms with Gasteiger partial charge >= 0.3 is 5.97 Å². The number of nitrogens with two attached hydrogens (primary N) is 1. The van der Waals surface area contributed by atoms with Gasteiger partial charge < -0.3 is 15.8 Å². The number of hydrogen-bond donors (Lipinski definition) is 3. The summed E-state index contributed by atoms with van der Waals surface area (Å²) in [5.74, 6) is -0.865. The lowest BCUT2D eigenvalue weighted by Crippen LogP contribution is -2.00. The molecular weight excluding hydrogens is 292 g/mol. The van der Waals surface area contributed by atoms with Crippen LogP contribution >= 0.6 is 0 Å². The summed E-state index contributed by atoms with van der Waals surface area (Å²) in [6.07, 6.45) is 1.77. The van der Waals surface area contributed by atoms with E-state index in [0.717, 1.165) is 5.69 Å². The van der Waals surface area contributed by atoms with Crippen LogP contribution in [0, 0.1) is 11.3 Å². The molecule has 1 aromatic carbocycles. The van der Waals surface area contributed by atoms with Gasteiger partial charge in [0.25, 0.3) is 0 Å². The molecule has 0 saturated heterocycles. The SMILES string of the molecule is N#Cc1c(-c2ccc(C(=O)O)cc2)cc(-c2ccc[nH]2)nc1N. The van der Waals surface area contributed by atoms with Crippen LogP contribution in [0.5, 0.6) is 0 Å². The number of carboxylic acids is 1. The van der Waals surface area contributed by atoms with Gasteiger partial charge in [-0.3, -0.25) is 0 Å². The molecule has 0 aliphatic heterocycles. The number of carboxylic acid groups (broad SMARTS) is 1. The first-order valence-electron chi connectivity index (χ1n) is 6.78. The van der Waals surface area contributed by atoms with Crippen molar-refractivity contribution in [1.82, 2.24) is 9.97 Å². The van der Waals surface area contributed by atoms with E-state index < -0.39 is 5.97 Å². The van der Waals surface area contributed by atoms with E-state index in [1.807, 2.05) is 12.1 Å². The summed E-state index contributed by atoms with van der Waals surface area (Å²) in [5.41, 5.74) is 9.07. The molecule has 23 heavy (non-hydrogen) atoms. The Morgan fingerprint density at radius 3 is 2.57 bits per heavy atom. The minimum atomic E-state index is -1.00. The highest BCUT2D eigenvalue weighted by molar-refractivity contribution is 5.89. The van der Waals surface area contributed by atoms with E-state index in [0.29, 0.717) is 16.8 Å². The van der Waals surface area contributed by atoms with Crippen molar-refractivity contribution in [2.45, 2.75) is 0 Å². The monoisotopic (exact) mass is 304 g/mol. The van der Waals surface area contributed by atoms with Gasteiger partial charge in [-0.25, -0.2) is 9.78 Å². The largest absolute Gasteiger partial charge is 0.478 e. The van der Waals surface area contributed by atoms with Gasteiger partial charge in [-0.15, -0.1) is 0 Å². The van der Waals surface area contributed by atoms with Gasteiger partial charge in [-0.05, 0) is 35.9 Å². The molecule has 0 radical (unpaired) electrons. The van der Waals surface area contributed by atoms with E-state index in [2.05, 4.69) is 16.0 Å². The van der Waals surface area contributed by atoms with Gasteiger partial charge in [0.1, 0.15) is 17.5 Å². The molecule has 0 atom stereocenters. The van der Waals surface area contributed by atoms with Crippen LogP contribution in [0.1, 0.15) is 15.9 Å². The van der Waals surface area contributed by atoms with E-state index in [4.69, 9.17) is 10.8 Å². The smallest absolute Gasteiger partial charge is 0.335 e. The summed E-state index contributed by atoms with van der Waals surface area (Å²) < 4.78 is 0. The van der Waals surface area contributed by atoms with Crippen molar-refractivity contribution in [3.63, 3.8) is 0 Å². The number of rotatable bonds is 3. The molecular formula is C17H12N4O2. The summed E-state index contributed by atoms with van der Waals surface area (Å²) in [6.45, 7) is 0. The number of aromatic nitrogens is 2. The normalized spacial score (nSPS) is 10.2. The van der Waals surface area contributed by atoms with Crippen molar-refractivity contribution in [3.05, 3.63) is 59.8 Å². The number of nitrogens with one attached hydrogen (secondary N) is 1.